The van der Waals surface area contributed by atoms with E-state index in [1.807, 2.05) is 46.8 Å². The number of hydrogen-bond donors (Lipinski definition) is 0. The molecule has 0 radical (unpaired) electrons. The molecule has 0 spiro atoms. The molecule has 2 atom stereocenters. The van der Waals surface area contributed by atoms with Crippen molar-refractivity contribution in [2.45, 2.75) is 51.6 Å². The first-order valence-corrected chi connectivity index (χ1v) is 10.3. The Morgan fingerprint density at radius 3 is 2.31 bits per heavy atom. The molecule has 0 aromatic heterocycles. The molecule has 2 unspecified atom stereocenters. The van der Waals surface area contributed by atoms with Crippen LogP contribution in [0, 0.1) is 0 Å². The predicted molar refractivity (Wildman–Crippen MR) is 106 cm³/mol. The smallest absolute Gasteiger partial charge is 0.412 e. The molecular weight excluding hydrogens is 372 g/mol. The van der Waals surface area contributed by atoms with Crippen LogP contribution in [-0.4, -0.2) is 52.3 Å². The van der Waals surface area contributed by atoms with Gasteiger partial charge in [-0.2, -0.15) is 0 Å². The Hall–Kier alpha value is -1.40. The van der Waals surface area contributed by atoms with Gasteiger partial charge in [0.1, 0.15) is 17.0 Å². The molecule has 1 fully saturated rings. The zero-order valence-corrected chi connectivity index (χ0v) is 17.6. The van der Waals surface area contributed by atoms with Crippen molar-refractivity contribution in [1.82, 2.24) is 9.80 Å². The molecule has 144 valence electrons. The van der Waals surface area contributed by atoms with Gasteiger partial charge in [-0.25, -0.2) is 4.79 Å². The SMILES string of the molecule is CCN(CC)C(=O)C1CSC(c2ccc(Cl)cc2)N1C(=O)OC(C)(C)C. The number of rotatable bonds is 4. The summed E-state index contributed by atoms with van der Waals surface area (Å²) in [6, 6.07) is 6.84. The van der Waals surface area contributed by atoms with Gasteiger partial charge in [-0.15, -0.1) is 11.8 Å². The van der Waals surface area contributed by atoms with Crippen LogP contribution in [0.25, 0.3) is 0 Å². The van der Waals surface area contributed by atoms with Gasteiger partial charge in [0, 0.05) is 23.9 Å². The van der Waals surface area contributed by atoms with E-state index in [1.54, 1.807) is 33.7 Å². The first-order valence-electron chi connectivity index (χ1n) is 8.85. The van der Waals surface area contributed by atoms with E-state index in [1.165, 1.54) is 0 Å². The third-order valence-electron chi connectivity index (χ3n) is 4.12. The summed E-state index contributed by atoms with van der Waals surface area (Å²) in [7, 11) is 0. The molecule has 1 aromatic carbocycles. The van der Waals surface area contributed by atoms with Gasteiger partial charge in [-0.1, -0.05) is 23.7 Å². The minimum absolute atomic E-state index is 0.0372. The summed E-state index contributed by atoms with van der Waals surface area (Å²) in [6.45, 7) is 10.6. The molecule has 5 nitrogen and oxygen atoms in total. The number of carbonyl (C=O) groups is 2. The third kappa shape index (κ3) is 4.86. The van der Waals surface area contributed by atoms with Crippen LogP contribution in [0.15, 0.2) is 24.3 Å². The van der Waals surface area contributed by atoms with Gasteiger partial charge < -0.3 is 9.64 Å². The maximum Gasteiger partial charge on any atom is 0.412 e. The number of likely N-dealkylation sites (N-methyl/N-ethyl adjacent to an activating group) is 1. The van der Waals surface area contributed by atoms with Gasteiger partial charge in [0.15, 0.2) is 0 Å². The van der Waals surface area contributed by atoms with Crippen molar-refractivity contribution in [2.75, 3.05) is 18.8 Å². The van der Waals surface area contributed by atoms with Crippen molar-refractivity contribution in [2.24, 2.45) is 0 Å². The maximum absolute atomic E-state index is 13.0. The fourth-order valence-corrected chi connectivity index (χ4v) is 4.40. The first-order chi connectivity index (χ1) is 12.2. The number of ether oxygens (including phenoxy) is 1. The highest BCUT2D eigenvalue weighted by Crippen LogP contribution is 2.42. The van der Waals surface area contributed by atoms with E-state index in [9.17, 15) is 9.59 Å². The van der Waals surface area contributed by atoms with Gasteiger partial charge in [0.2, 0.25) is 5.91 Å². The van der Waals surface area contributed by atoms with Crippen LogP contribution in [-0.2, 0) is 9.53 Å². The van der Waals surface area contributed by atoms with Gasteiger partial charge >= 0.3 is 6.09 Å². The van der Waals surface area contributed by atoms with E-state index in [0.29, 0.717) is 23.9 Å². The average Bonchev–Trinajstić information content (AvgIpc) is 3.00. The molecule has 2 rings (SSSR count). The molecule has 2 amide bonds. The molecule has 1 heterocycles. The second-order valence-corrected chi connectivity index (χ2v) is 8.70. The quantitative estimate of drug-likeness (QED) is 0.745. The second-order valence-electron chi connectivity index (χ2n) is 7.15. The van der Waals surface area contributed by atoms with Crippen LogP contribution in [0.3, 0.4) is 0 Å². The van der Waals surface area contributed by atoms with Crippen LogP contribution in [0.4, 0.5) is 4.79 Å². The van der Waals surface area contributed by atoms with Crippen LogP contribution < -0.4 is 0 Å². The molecule has 1 aliphatic heterocycles. The molecule has 1 saturated heterocycles. The molecule has 26 heavy (non-hydrogen) atoms. The average molecular weight is 399 g/mol. The number of hydrogen-bond acceptors (Lipinski definition) is 4. The van der Waals surface area contributed by atoms with Crippen LogP contribution in [0.1, 0.15) is 45.6 Å². The highest BCUT2D eigenvalue weighted by atomic mass is 35.5. The summed E-state index contributed by atoms with van der Waals surface area (Å²) < 4.78 is 5.60. The molecule has 0 saturated carbocycles. The first kappa shape index (κ1) is 20.9. The monoisotopic (exact) mass is 398 g/mol. The van der Waals surface area contributed by atoms with Crippen LogP contribution in [0.5, 0.6) is 0 Å². The Morgan fingerprint density at radius 1 is 1.23 bits per heavy atom. The van der Waals surface area contributed by atoms with E-state index in [2.05, 4.69) is 0 Å². The van der Waals surface area contributed by atoms with Crippen molar-refractivity contribution in [3.8, 4) is 0 Å². The zero-order valence-electron chi connectivity index (χ0n) is 16.0. The van der Waals surface area contributed by atoms with E-state index in [4.69, 9.17) is 16.3 Å². The van der Waals surface area contributed by atoms with Crippen molar-refractivity contribution in [1.29, 1.82) is 0 Å². The van der Waals surface area contributed by atoms with E-state index in [0.717, 1.165) is 5.56 Å². The van der Waals surface area contributed by atoms with E-state index in [-0.39, 0.29) is 11.3 Å². The summed E-state index contributed by atoms with van der Waals surface area (Å²) in [5.41, 5.74) is 0.303. The van der Waals surface area contributed by atoms with Crippen LogP contribution in [0.2, 0.25) is 5.02 Å². The lowest BCUT2D eigenvalue weighted by molar-refractivity contribution is -0.135. The van der Waals surface area contributed by atoms with Gasteiger partial charge in [0.05, 0.1) is 0 Å². The number of carbonyl (C=O) groups excluding carboxylic acids is 2. The lowest BCUT2D eigenvalue weighted by Crippen LogP contribution is -2.50. The van der Waals surface area contributed by atoms with Crippen molar-refractivity contribution in [3.05, 3.63) is 34.9 Å². The Bertz CT molecular complexity index is 641. The number of benzene rings is 1. The summed E-state index contributed by atoms with van der Waals surface area (Å²) in [5.74, 6) is 0.506. The highest BCUT2D eigenvalue weighted by Gasteiger charge is 2.45. The Morgan fingerprint density at radius 2 is 1.81 bits per heavy atom. The lowest BCUT2D eigenvalue weighted by Gasteiger charge is -2.33. The van der Waals surface area contributed by atoms with Crippen molar-refractivity contribution >= 4 is 35.4 Å². The summed E-state index contributed by atoms with van der Waals surface area (Å²) in [6.07, 6.45) is -0.465. The fourth-order valence-electron chi connectivity index (χ4n) is 2.86. The number of halogens is 1. The fraction of sp³-hybridized carbons (Fsp3) is 0.579. The normalized spacial score (nSPS) is 20.2. The van der Waals surface area contributed by atoms with Gasteiger partial charge in [-0.3, -0.25) is 9.69 Å². The van der Waals surface area contributed by atoms with Gasteiger partial charge in [-0.05, 0) is 52.3 Å². The van der Waals surface area contributed by atoms with Crippen LogP contribution >= 0.6 is 23.4 Å². The lowest BCUT2D eigenvalue weighted by atomic mass is 10.1. The molecule has 0 bridgehead atoms. The highest BCUT2D eigenvalue weighted by molar-refractivity contribution is 7.99. The summed E-state index contributed by atoms with van der Waals surface area (Å²) >= 11 is 7.56. The summed E-state index contributed by atoms with van der Waals surface area (Å²) in [4.78, 5) is 29.2. The zero-order chi connectivity index (χ0) is 19.5. The molecule has 7 heteroatoms. The molecular formula is C19H27ClN2O3S. The largest absolute Gasteiger partial charge is 0.444 e. The van der Waals surface area contributed by atoms with Crippen molar-refractivity contribution in [3.63, 3.8) is 0 Å². The van der Waals surface area contributed by atoms with Gasteiger partial charge in [0.25, 0.3) is 0 Å². The maximum atomic E-state index is 13.0. The Balaban J connectivity index is 2.35. The second kappa shape index (κ2) is 8.53. The number of amides is 2. The minimum atomic E-state index is -0.627. The van der Waals surface area contributed by atoms with E-state index >= 15 is 0 Å². The molecule has 0 N–H and O–H groups in total. The van der Waals surface area contributed by atoms with Crippen molar-refractivity contribution < 1.29 is 14.3 Å². The predicted octanol–water partition coefficient (Wildman–Crippen LogP) is 4.56. The Kier molecular flexibility index (Phi) is 6.86. The third-order valence-corrected chi connectivity index (χ3v) is 5.70. The Labute approximate surface area is 165 Å². The topological polar surface area (TPSA) is 49.9 Å². The number of nitrogens with zero attached hydrogens (tertiary/aromatic N) is 2. The van der Waals surface area contributed by atoms with E-state index < -0.39 is 17.7 Å². The molecule has 0 aliphatic carbocycles. The molecule has 1 aromatic rings. The standard InChI is InChI=1S/C19H27ClN2O3S/c1-6-21(7-2)16(23)15-12-26-17(13-8-10-14(20)11-9-13)22(15)18(24)25-19(3,4)5/h8-11,15,17H,6-7,12H2,1-5H3. The number of thioether (sulfide) groups is 1. The molecule has 1 aliphatic rings. The summed E-state index contributed by atoms with van der Waals surface area (Å²) in [5, 5.41) is 0.364. The minimum Gasteiger partial charge on any atom is -0.444 e.